The standard InChI is InChI=1S/C13H15ClN2S/c1-2-7-16-12(11-5-3-4-8-15-11)13-10(14)6-9-17-13/h3-6,8-9,12,16H,2,7H2,1H3. The molecular formula is C13H15ClN2S. The molecule has 0 aliphatic rings. The summed E-state index contributed by atoms with van der Waals surface area (Å²) in [7, 11) is 0. The van der Waals surface area contributed by atoms with Crippen LogP contribution in [0.2, 0.25) is 5.02 Å². The van der Waals surface area contributed by atoms with Crippen molar-refractivity contribution in [2.24, 2.45) is 0 Å². The smallest absolute Gasteiger partial charge is 0.0860 e. The second kappa shape index (κ2) is 6.15. The van der Waals surface area contributed by atoms with E-state index >= 15 is 0 Å². The van der Waals surface area contributed by atoms with Crippen LogP contribution in [0.15, 0.2) is 35.8 Å². The minimum absolute atomic E-state index is 0.101. The van der Waals surface area contributed by atoms with Crippen LogP contribution in [0.4, 0.5) is 0 Å². The first-order valence-electron chi connectivity index (χ1n) is 5.70. The molecule has 4 heteroatoms. The maximum absolute atomic E-state index is 6.21. The van der Waals surface area contributed by atoms with Gasteiger partial charge in [-0.25, -0.2) is 0 Å². The summed E-state index contributed by atoms with van der Waals surface area (Å²) in [6.07, 6.45) is 2.91. The number of nitrogens with zero attached hydrogens (tertiary/aromatic N) is 1. The van der Waals surface area contributed by atoms with Crippen LogP contribution in [-0.4, -0.2) is 11.5 Å². The maximum Gasteiger partial charge on any atom is 0.0860 e. The molecule has 0 aromatic carbocycles. The van der Waals surface area contributed by atoms with Crippen LogP contribution in [0.1, 0.15) is 30.0 Å². The molecule has 0 radical (unpaired) electrons. The van der Waals surface area contributed by atoms with Crippen molar-refractivity contribution < 1.29 is 0 Å². The number of hydrogen-bond donors (Lipinski definition) is 1. The van der Waals surface area contributed by atoms with E-state index in [1.54, 1.807) is 11.3 Å². The third-order valence-corrected chi connectivity index (χ3v) is 3.91. The lowest BCUT2D eigenvalue weighted by molar-refractivity contribution is 0.594. The molecule has 2 rings (SSSR count). The van der Waals surface area contributed by atoms with Crippen molar-refractivity contribution in [3.05, 3.63) is 51.4 Å². The molecule has 0 aliphatic carbocycles. The predicted octanol–water partition coefficient (Wildman–Crippen LogP) is 3.89. The van der Waals surface area contributed by atoms with Gasteiger partial charge in [-0.2, -0.15) is 0 Å². The zero-order valence-corrected chi connectivity index (χ0v) is 11.3. The molecule has 0 saturated carbocycles. The Bertz CT molecular complexity index is 455. The van der Waals surface area contributed by atoms with E-state index in [1.807, 2.05) is 35.8 Å². The summed E-state index contributed by atoms with van der Waals surface area (Å²) < 4.78 is 0. The second-order valence-corrected chi connectivity index (χ2v) is 5.13. The van der Waals surface area contributed by atoms with E-state index in [-0.39, 0.29) is 6.04 Å². The fourth-order valence-electron chi connectivity index (χ4n) is 1.68. The molecule has 1 N–H and O–H groups in total. The van der Waals surface area contributed by atoms with Crippen molar-refractivity contribution in [1.29, 1.82) is 0 Å². The van der Waals surface area contributed by atoms with Crippen molar-refractivity contribution in [2.45, 2.75) is 19.4 Å². The number of hydrogen-bond acceptors (Lipinski definition) is 3. The minimum atomic E-state index is 0.101. The van der Waals surface area contributed by atoms with Gasteiger partial charge in [-0.3, -0.25) is 4.98 Å². The van der Waals surface area contributed by atoms with Crippen LogP contribution in [0.25, 0.3) is 0 Å². The topological polar surface area (TPSA) is 24.9 Å². The lowest BCUT2D eigenvalue weighted by atomic mass is 10.1. The van der Waals surface area contributed by atoms with E-state index in [4.69, 9.17) is 11.6 Å². The van der Waals surface area contributed by atoms with Crippen LogP contribution >= 0.6 is 22.9 Å². The highest BCUT2D eigenvalue weighted by Gasteiger charge is 2.18. The third kappa shape index (κ3) is 3.06. The third-order valence-electron chi connectivity index (χ3n) is 2.49. The molecule has 2 aromatic heterocycles. The van der Waals surface area contributed by atoms with Crippen LogP contribution < -0.4 is 5.32 Å². The number of aromatic nitrogens is 1. The van der Waals surface area contributed by atoms with Gasteiger partial charge in [0.2, 0.25) is 0 Å². The number of halogens is 1. The Morgan fingerprint density at radius 2 is 2.29 bits per heavy atom. The number of nitrogens with one attached hydrogen (secondary N) is 1. The Hall–Kier alpha value is -0.900. The number of thiophene rings is 1. The van der Waals surface area contributed by atoms with Crippen molar-refractivity contribution in [3.63, 3.8) is 0 Å². The summed E-state index contributed by atoms with van der Waals surface area (Å²) in [5, 5.41) is 6.32. The van der Waals surface area contributed by atoms with Gasteiger partial charge in [0.15, 0.2) is 0 Å². The molecule has 0 amide bonds. The van der Waals surface area contributed by atoms with Crippen LogP contribution in [-0.2, 0) is 0 Å². The van der Waals surface area contributed by atoms with E-state index in [1.165, 1.54) is 0 Å². The molecule has 0 spiro atoms. The van der Waals surface area contributed by atoms with Gasteiger partial charge in [0.05, 0.1) is 16.8 Å². The predicted molar refractivity (Wildman–Crippen MR) is 73.7 cm³/mol. The van der Waals surface area contributed by atoms with Crippen LogP contribution in [0.5, 0.6) is 0 Å². The quantitative estimate of drug-likeness (QED) is 0.888. The Kier molecular flexibility index (Phi) is 4.54. The minimum Gasteiger partial charge on any atom is -0.304 e. The zero-order valence-electron chi connectivity index (χ0n) is 9.69. The summed E-state index contributed by atoms with van der Waals surface area (Å²) in [4.78, 5) is 5.55. The van der Waals surface area contributed by atoms with E-state index in [0.717, 1.165) is 28.6 Å². The van der Waals surface area contributed by atoms with Gasteiger partial charge in [-0.15, -0.1) is 11.3 Å². The number of rotatable bonds is 5. The molecule has 1 unspecified atom stereocenters. The highest BCUT2D eigenvalue weighted by molar-refractivity contribution is 7.10. The van der Waals surface area contributed by atoms with E-state index < -0.39 is 0 Å². The van der Waals surface area contributed by atoms with Crippen molar-refractivity contribution in [2.75, 3.05) is 6.54 Å². The van der Waals surface area contributed by atoms with Crippen LogP contribution in [0, 0.1) is 0 Å². The number of pyridine rings is 1. The molecule has 17 heavy (non-hydrogen) atoms. The molecule has 0 bridgehead atoms. The van der Waals surface area contributed by atoms with Gasteiger partial charge in [-0.05, 0) is 36.5 Å². The monoisotopic (exact) mass is 266 g/mol. The first kappa shape index (κ1) is 12.6. The summed E-state index contributed by atoms with van der Waals surface area (Å²) in [5.41, 5.74) is 1.02. The average molecular weight is 267 g/mol. The Morgan fingerprint density at radius 1 is 1.41 bits per heavy atom. The first-order valence-corrected chi connectivity index (χ1v) is 6.96. The Morgan fingerprint density at radius 3 is 2.88 bits per heavy atom. The van der Waals surface area contributed by atoms with Crippen molar-refractivity contribution in [3.8, 4) is 0 Å². The molecule has 0 aliphatic heterocycles. The molecular weight excluding hydrogens is 252 g/mol. The van der Waals surface area contributed by atoms with E-state index in [2.05, 4.69) is 17.2 Å². The highest BCUT2D eigenvalue weighted by atomic mass is 35.5. The van der Waals surface area contributed by atoms with Gasteiger partial charge in [0.25, 0.3) is 0 Å². The van der Waals surface area contributed by atoms with Gasteiger partial charge in [-0.1, -0.05) is 24.6 Å². The average Bonchev–Trinajstić information content (AvgIpc) is 2.78. The molecule has 2 heterocycles. The van der Waals surface area contributed by atoms with Gasteiger partial charge in [0, 0.05) is 11.1 Å². The largest absolute Gasteiger partial charge is 0.304 e. The SMILES string of the molecule is CCCNC(c1ccccn1)c1sccc1Cl. The summed E-state index contributed by atoms with van der Waals surface area (Å²) >= 11 is 7.87. The molecule has 2 aromatic rings. The molecule has 2 nitrogen and oxygen atoms in total. The lowest BCUT2D eigenvalue weighted by Gasteiger charge is -2.17. The summed E-state index contributed by atoms with van der Waals surface area (Å²) in [5.74, 6) is 0. The lowest BCUT2D eigenvalue weighted by Crippen LogP contribution is -2.23. The molecule has 1 atom stereocenters. The maximum atomic E-state index is 6.21. The molecule has 0 fully saturated rings. The van der Waals surface area contributed by atoms with E-state index in [0.29, 0.717) is 0 Å². The Labute approximate surface area is 111 Å². The second-order valence-electron chi connectivity index (χ2n) is 3.77. The van der Waals surface area contributed by atoms with E-state index in [9.17, 15) is 0 Å². The summed E-state index contributed by atoms with van der Waals surface area (Å²) in [6, 6.07) is 8.00. The Balaban J connectivity index is 2.29. The normalized spacial score (nSPS) is 12.6. The molecule has 0 saturated heterocycles. The van der Waals surface area contributed by atoms with Gasteiger partial charge < -0.3 is 5.32 Å². The fourth-order valence-corrected chi connectivity index (χ4v) is 2.93. The fraction of sp³-hybridized carbons (Fsp3) is 0.308. The molecule has 90 valence electrons. The first-order chi connectivity index (χ1) is 8.33. The van der Waals surface area contributed by atoms with Gasteiger partial charge >= 0.3 is 0 Å². The zero-order chi connectivity index (χ0) is 12.1. The van der Waals surface area contributed by atoms with Crippen LogP contribution in [0.3, 0.4) is 0 Å². The van der Waals surface area contributed by atoms with Crippen molar-refractivity contribution >= 4 is 22.9 Å². The van der Waals surface area contributed by atoms with Gasteiger partial charge in [0.1, 0.15) is 0 Å². The summed E-state index contributed by atoms with van der Waals surface area (Å²) in [6.45, 7) is 3.11. The van der Waals surface area contributed by atoms with Crippen molar-refractivity contribution in [1.82, 2.24) is 10.3 Å². The highest BCUT2D eigenvalue weighted by Crippen LogP contribution is 2.31.